The van der Waals surface area contributed by atoms with E-state index in [2.05, 4.69) is 14.7 Å². The van der Waals surface area contributed by atoms with Crippen molar-refractivity contribution in [1.82, 2.24) is 14.7 Å². The largest absolute Gasteiger partial charge is 0.260 e. The molecule has 0 radical (unpaired) electrons. The summed E-state index contributed by atoms with van der Waals surface area (Å²) in [4.78, 5) is 9.32. The lowest BCUT2D eigenvalue weighted by atomic mass is 10.4. The molecule has 114 valence electrons. The van der Waals surface area contributed by atoms with Crippen molar-refractivity contribution in [2.45, 2.75) is 17.7 Å². The molecule has 0 aromatic carbocycles. The van der Waals surface area contributed by atoms with Crippen molar-refractivity contribution >= 4 is 32.7 Å². The van der Waals surface area contributed by atoms with Gasteiger partial charge < -0.3 is 0 Å². The molecule has 0 saturated carbocycles. The third-order valence-electron chi connectivity index (χ3n) is 2.89. The van der Waals surface area contributed by atoms with Crippen LogP contribution in [0.2, 0.25) is 0 Å². The van der Waals surface area contributed by atoms with Gasteiger partial charge in [0, 0.05) is 11.6 Å². The molecule has 0 aliphatic rings. The van der Waals surface area contributed by atoms with Crippen LogP contribution in [0.5, 0.6) is 0 Å². The van der Waals surface area contributed by atoms with E-state index in [-0.39, 0.29) is 10.8 Å². The Morgan fingerprint density at radius 1 is 1.23 bits per heavy atom. The fourth-order valence-electron chi connectivity index (χ4n) is 1.82. The second-order valence-electron chi connectivity index (χ2n) is 4.52. The van der Waals surface area contributed by atoms with Gasteiger partial charge in [-0.2, -0.15) is 0 Å². The molecule has 3 rings (SSSR count). The van der Waals surface area contributed by atoms with Crippen LogP contribution in [-0.2, 0) is 16.6 Å². The van der Waals surface area contributed by atoms with Crippen molar-refractivity contribution in [2.75, 3.05) is 0 Å². The van der Waals surface area contributed by atoms with E-state index in [4.69, 9.17) is 0 Å². The third kappa shape index (κ3) is 3.41. The molecule has 0 fully saturated rings. The van der Waals surface area contributed by atoms with Gasteiger partial charge in [-0.3, -0.25) is 4.98 Å². The fourth-order valence-corrected chi connectivity index (χ4v) is 4.82. The van der Waals surface area contributed by atoms with Gasteiger partial charge in [-0.1, -0.05) is 6.07 Å². The van der Waals surface area contributed by atoms with Crippen LogP contribution in [-0.4, -0.2) is 18.4 Å². The van der Waals surface area contributed by atoms with Crippen LogP contribution in [0, 0.1) is 6.92 Å². The molecule has 0 amide bonds. The lowest BCUT2D eigenvalue weighted by Crippen LogP contribution is -2.22. The van der Waals surface area contributed by atoms with Gasteiger partial charge in [-0.25, -0.2) is 18.1 Å². The highest BCUT2D eigenvalue weighted by Gasteiger charge is 2.18. The van der Waals surface area contributed by atoms with Crippen molar-refractivity contribution < 1.29 is 8.42 Å². The minimum absolute atomic E-state index is 0.173. The number of nitrogens with one attached hydrogen (secondary N) is 1. The summed E-state index contributed by atoms with van der Waals surface area (Å²) in [5.41, 5.74) is 1.50. The average molecular weight is 351 g/mol. The summed E-state index contributed by atoms with van der Waals surface area (Å²) >= 11 is 2.76. The van der Waals surface area contributed by atoms with E-state index in [1.54, 1.807) is 41.8 Å². The molecule has 8 heteroatoms. The predicted octanol–water partition coefficient (Wildman–Crippen LogP) is 3.05. The Morgan fingerprint density at radius 3 is 2.77 bits per heavy atom. The second kappa shape index (κ2) is 6.25. The van der Waals surface area contributed by atoms with Crippen molar-refractivity contribution in [3.8, 4) is 10.6 Å². The van der Waals surface area contributed by atoms with Crippen molar-refractivity contribution in [3.05, 3.63) is 52.6 Å². The summed E-state index contributed by atoms with van der Waals surface area (Å²) < 4.78 is 27.5. The SMILES string of the molecule is Cc1nc(-c2ccc(S(=O)(=O)NCc3ccccn3)s2)cs1. The Kier molecular flexibility index (Phi) is 4.34. The van der Waals surface area contributed by atoms with Crippen LogP contribution < -0.4 is 4.72 Å². The number of pyridine rings is 1. The zero-order valence-electron chi connectivity index (χ0n) is 11.7. The fraction of sp³-hybridized carbons (Fsp3) is 0.143. The number of nitrogens with zero attached hydrogens (tertiary/aromatic N) is 2. The van der Waals surface area contributed by atoms with Crippen LogP contribution in [0.4, 0.5) is 0 Å². The average Bonchev–Trinajstić information content (AvgIpc) is 3.15. The number of hydrogen-bond acceptors (Lipinski definition) is 6. The van der Waals surface area contributed by atoms with Gasteiger partial charge in [0.2, 0.25) is 10.0 Å². The Balaban J connectivity index is 1.77. The van der Waals surface area contributed by atoms with E-state index < -0.39 is 10.0 Å². The zero-order chi connectivity index (χ0) is 15.6. The van der Waals surface area contributed by atoms with Crippen molar-refractivity contribution in [2.24, 2.45) is 0 Å². The third-order valence-corrected chi connectivity index (χ3v) is 6.66. The van der Waals surface area contributed by atoms with E-state index in [0.29, 0.717) is 5.69 Å². The van der Waals surface area contributed by atoms with E-state index >= 15 is 0 Å². The smallest absolute Gasteiger partial charge is 0.250 e. The van der Waals surface area contributed by atoms with E-state index in [0.717, 1.165) is 15.6 Å². The summed E-state index contributed by atoms with van der Waals surface area (Å²) in [6.07, 6.45) is 1.64. The van der Waals surface area contributed by atoms with E-state index in [9.17, 15) is 8.42 Å². The summed E-state index contributed by atoms with van der Waals surface area (Å²) in [6, 6.07) is 8.79. The molecule has 0 bridgehead atoms. The van der Waals surface area contributed by atoms with Crippen LogP contribution in [0.1, 0.15) is 10.7 Å². The standard InChI is InChI=1S/C14H13N3O2S3/c1-10-17-12(9-20-10)13-5-6-14(21-13)22(18,19)16-8-11-4-2-3-7-15-11/h2-7,9,16H,8H2,1H3. The topological polar surface area (TPSA) is 72.0 Å². The van der Waals surface area contributed by atoms with Gasteiger partial charge in [-0.05, 0) is 31.2 Å². The molecule has 22 heavy (non-hydrogen) atoms. The summed E-state index contributed by atoms with van der Waals surface area (Å²) in [5, 5.41) is 2.89. The lowest BCUT2D eigenvalue weighted by Gasteiger charge is -2.03. The van der Waals surface area contributed by atoms with Gasteiger partial charge in [0.25, 0.3) is 0 Å². The van der Waals surface area contributed by atoms with E-state index in [1.807, 2.05) is 18.4 Å². The molecule has 0 spiro atoms. The Morgan fingerprint density at radius 2 is 2.09 bits per heavy atom. The minimum atomic E-state index is -3.53. The lowest BCUT2D eigenvalue weighted by molar-refractivity contribution is 0.582. The summed E-state index contributed by atoms with van der Waals surface area (Å²) in [5.74, 6) is 0. The van der Waals surface area contributed by atoms with Gasteiger partial charge in [0.1, 0.15) is 4.21 Å². The molecule has 0 unspecified atom stereocenters. The first-order valence-corrected chi connectivity index (χ1v) is 9.64. The van der Waals surface area contributed by atoms with E-state index in [1.165, 1.54) is 11.3 Å². The van der Waals surface area contributed by atoms with Crippen molar-refractivity contribution in [1.29, 1.82) is 0 Å². The molecule has 3 aromatic heterocycles. The highest BCUT2D eigenvalue weighted by atomic mass is 32.2. The quantitative estimate of drug-likeness (QED) is 0.767. The highest BCUT2D eigenvalue weighted by Crippen LogP contribution is 2.31. The number of thiazole rings is 1. The number of rotatable bonds is 5. The highest BCUT2D eigenvalue weighted by molar-refractivity contribution is 7.91. The Labute approximate surface area is 136 Å². The maximum Gasteiger partial charge on any atom is 0.250 e. The van der Waals surface area contributed by atoms with Gasteiger partial charge in [-0.15, -0.1) is 22.7 Å². The number of hydrogen-bond donors (Lipinski definition) is 1. The molecular weight excluding hydrogens is 338 g/mol. The Hall–Kier alpha value is -1.61. The predicted molar refractivity (Wildman–Crippen MR) is 88.4 cm³/mol. The first-order chi connectivity index (χ1) is 10.5. The molecule has 1 N–H and O–H groups in total. The molecule has 0 atom stereocenters. The number of sulfonamides is 1. The maximum absolute atomic E-state index is 12.3. The van der Waals surface area contributed by atoms with Gasteiger partial charge >= 0.3 is 0 Å². The van der Waals surface area contributed by atoms with Gasteiger partial charge in [0.05, 0.1) is 27.8 Å². The normalized spacial score (nSPS) is 11.7. The molecular formula is C14H13N3O2S3. The molecule has 5 nitrogen and oxygen atoms in total. The monoisotopic (exact) mass is 351 g/mol. The summed E-state index contributed by atoms with van der Waals surface area (Å²) in [6.45, 7) is 2.10. The van der Waals surface area contributed by atoms with Crippen molar-refractivity contribution in [3.63, 3.8) is 0 Å². The summed E-state index contributed by atoms with van der Waals surface area (Å²) in [7, 11) is -3.53. The minimum Gasteiger partial charge on any atom is -0.260 e. The number of thiophene rings is 1. The maximum atomic E-state index is 12.3. The van der Waals surface area contributed by atoms with Gasteiger partial charge in [0.15, 0.2) is 0 Å². The molecule has 0 saturated heterocycles. The molecule has 3 heterocycles. The molecule has 0 aliphatic heterocycles. The van der Waals surface area contributed by atoms with Crippen LogP contribution in [0.3, 0.4) is 0 Å². The number of aromatic nitrogens is 2. The van der Waals surface area contributed by atoms with Crippen LogP contribution in [0.25, 0.3) is 10.6 Å². The Bertz CT molecular complexity index is 870. The van der Waals surface area contributed by atoms with Crippen LogP contribution in [0.15, 0.2) is 46.1 Å². The molecule has 3 aromatic rings. The van der Waals surface area contributed by atoms with Crippen LogP contribution >= 0.6 is 22.7 Å². The molecule has 0 aliphatic carbocycles. The zero-order valence-corrected chi connectivity index (χ0v) is 14.1. The first-order valence-electron chi connectivity index (χ1n) is 6.46. The number of aryl methyl sites for hydroxylation is 1. The first kappa shape index (κ1) is 15.3. The second-order valence-corrected chi connectivity index (χ2v) is 8.66.